The van der Waals surface area contributed by atoms with Crippen LogP contribution in [0, 0.1) is 17.1 Å². The number of nitriles is 1. The molecule has 0 aromatic heterocycles. The van der Waals surface area contributed by atoms with Gasteiger partial charge in [0, 0.05) is 0 Å². The van der Waals surface area contributed by atoms with Crippen LogP contribution in [-0.2, 0) is 11.3 Å². The van der Waals surface area contributed by atoms with Gasteiger partial charge in [0.25, 0.3) is 0 Å². The normalized spacial score (nSPS) is 8.62. The van der Waals surface area contributed by atoms with Crippen LogP contribution in [0.3, 0.4) is 0 Å². The summed E-state index contributed by atoms with van der Waals surface area (Å²) in [4.78, 5) is 13.0. The summed E-state index contributed by atoms with van der Waals surface area (Å²) < 4.78 is 12.8. The summed E-state index contributed by atoms with van der Waals surface area (Å²) in [5.74, 6) is -0.504. The zero-order chi connectivity index (χ0) is 9.68. The van der Waals surface area contributed by atoms with E-state index in [9.17, 15) is 9.18 Å². The Hall–Kier alpha value is -1.98. The summed E-state index contributed by atoms with van der Waals surface area (Å²) >= 11 is 0. The Balaban J connectivity index is 3.02. The van der Waals surface area contributed by atoms with Crippen molar-refractivity contribution in [3.05, 3.63) is 35.1 Å². The first kappa shape index (κ1) is 9.11. The van der Waals surface area contributed by atoms with Gasteiger partial charge in [-0.1, -0.05) is 0 Å². The zero-order valence-corrected chi connectivity index (χ0v) is 6.62. The lowest BCUT2D eigenvalue weighted by atomic mass is 10.1. The predicted molar refractivity (Wildman–Crippen MR) is 42.9 cm³/mol. The van der Waals surface area contributed by atoms with E-state index in [1.54, 1.807) is 6.07 Å². The smallest absolute Gasteiger partial charge is 0.211 e. The third kappa shape index (κ3) is 2.51. The van der Waals surface area contributed by atoms with Crippen LogP contribution >= 0.6 is 0 Å². The minimum atomic E-state index is -0.504. The van der Waals surface area contributed by atoms with Crippen molar-refractivity contribution < 1.29 is 9.18 Å². The van der Waals surface area contributed by atoms with E-state index in [0.717, 1.165) is 6.07 Å². The Morgan fingerprint density at radius 3 is 2.85 bits per heavy atom. The second kappa shape index (κ2) is 4.15. The molecule has 13 heavy (non-hydrogen) atoms. The minimum absolute atomic E-state index is 0.0515. The quantitative estimate of drug-likeness (QED) is 0.506. The van der Waals surface area contributed by atoms with Crippen LogP contribution < -0.4 is 0 Å². The molecule has 0 saturated carbocycles. The third-order valence-electron chi connectivity index (χ3n) is 1.41. The highest BCUT2D eigenvalue weighted by molar-refractivity contribution is 5.36. The Kier molecular flexibility index (Phi) is 2.91. The lowest BCUT2D eigenvalue weighted by molar-refractivity contribution is 0.562. The number of nitrogens with zero attached hydrogens (tertiary/aromatic N) is 2. The van der Waals surface area contributed by atoms with Crippen LogP contribution in [0.1, 0.15) is 11.1 Å². The molecule has 3 nitrogen and oxygen atoms in total. The maximum absolute atomic E-state index is 12.8. The number of halogens is 1. The molecular formula is C9H5FN2O. The van der Waals surface area contributed by atoms with Gasteiger partial charge in [0.05, 0.1) is 18.2 Å². The van der Waals surface area contributed by atoms with Crippen molar-refractivity contribution in [2.75, 3.05) is 0 Å². The molecule has 64 valence electrons. The standard InChI is InChI=1S/C9H5FN2O/c10-9-2-7(4-11)1-8(3-9)5-12-6-13/h1-3H,5H2. The van der Waals surface area contributed by atoms with Gasteiger partial charge in [-0.2, -0.15) is 5.26 Å². The topological polar surface area (TPSA) is 53.2 Å². The summed E-state index contributed by atoms with van der Waals surface area (Å²) in [7, 11) is 0. The summed E-state index contributed by atoms with van der Waals surface area (Å²) in [5.41, 5.74) is 0.705. The van der Waals surface area contributed by atoms with E-state index in [1.165, 1.54) is 18.2 Å². The van der Waals surface area contributed by atoms with Crippen molar-refractivity contribution in [3.63, 3.8) is 0 Å². The Labute approximate surface area is 74.1 Å². The lowest BCUT2D eigenvalue weighted by Gasteiger charge is -1.96. The Morgan fingerprint density at radius 2 is 2.23 bits per heavy atom. The molecule has 0 radical (unpaired) electrons. The van der Waals surface area contributed by atoms with E-state index >= 15 is 0 Å². The van der Waals surface area contributed by atoms with Crippen molar-refractivity contribution in [2.45, 2.75) is 6.54 Å². The highest BCUT2D eigenvalue weighted by atomic mass is 19.1. The van der Waals surface area contributed by atoms with Crippen molar-refractivity contribution in [1.82, 2.24) is 0 Å². The van der Waals surface area contributed by atoms with E-state index in [0.29, 0.717) is 5.56 Å². The van der Waals surface area contributed by atoms with E-state index in [1.807, 2.05) is 0 Å². The lowest BCUT2D eigenvalue weighted by Crippen LogP contribution is -1.86. The van der Waals surface area contributed by atoms with E-state index in [-0.39, 0.29) is 12.1 Å². The fourth-order valence-electron chi connectivity index (χ4n) is 0.930. The van der Waals surface area contributed by atoms with Gasteiger partial charge in [-0.25, -0.2) is 14.2 Å². The van der Waals surface area contributed by atoms with Gasteiger partial charge in [0.1, 0.15) is 5.82 Å². The molecule has 0 unspecified atom stereocenters. The summed E-state index contributed by atoms with van der Waals surface area (Å²) in [6, 6.07) is 5.62. The molecule has 0 heterocycles. The van der Waals surface area contributed by atoms with Gasteiger partial charge in [-0.15, -0.1) is 0 Å². The summed E-state index contributed by atoms with van der Waals surface area (Å²) in [6.45, 7) is 0.0515. The van der Waals surface area contributed by atoms with Gasteiger partial charge in [0.15, 0.2) is 0 Å². The molecule has 0 atom stereocenters. The highest BCUT2D eigenvalue weighted by Gasteiger charge is 1.99. The molecule has 0 spiro atoms. The fourth-order valence-corrected chi connectivity index (χ4v) is 0.930. The number of carbonyl (C=O) groups excluding carboxylic acids is 1. The summed E-state index contributed by atoms with van der Waals surface area (Å²) in [6.07, 6.45) is 1.34. The molecular weight excluding hydrogens is 171 g/mol. The highest BCUT2D eigenvalue weighted by Crippen LogP contribution is 2.09. The van der Waals surface area contributed by atoms with E-state index in [2.05, 4.69) is 4.99 Å². The maximum Gasteiger partial charge on any atom is 0.235 e. The number of benzene rings is 1. The number of isocyanates is 1. The van der Waals surface area contributed by atoms with Crippen LogP contribution in [0.25, 0.3) is 0 Å². The van der Waals surface area contributed by atoms with Crippen LogP contribution in [0.4, 0.5) is 4.39 Å². The van der Waals surface area contributed by atoms with Gasteiger partial charge in [0.2, 0.25) is 6.08 Å². The monoisotopic (exact) mass is 176 g/mol. The number of aliphatic imine (C=N–C) groups is 1. The molecule has 0 aliphatic heterocycles. The first-order chi connectivity index (χ1) is 6.26. The molecule has 0 aliphatic rings. The van der Waals surface area contributed by atoms with Gasteiger partial charge in [-0.05, 0) is 23.8 Å². The molecule has 1 aromatic carbocycles. The van der Waals surface area contributed by atoms with Crippen LogP contribution in [0.2, 0.25) is 0 Å². The molecule has 0 saturated heterocycles. The van der Waals surface area contributed by atoms with Crippen LogP contribution in [0.15, 0.2) is 23.2 Å². The SMILES string of the molecule is N#Cc1cc(F)cc(CN=C=O)c1. The van der Waals surface area contributed by atoms with Crippen molar-refractivity contribution in [3.8, 4) is 6.07 Å². The van der Waals surface area contributed by atoms with Gasteiger partial charge in [-0.3, -0.25) is 0 Å². The van der Waals surface area contributed by atoms with Crippen molar-refractivity contribution in [2.24, 2.45) is 4.99 Å². The second-order valence-corrected chi connectivity index (χ2v) is 2.37. The fraction of sp³-hybridized carbons (Fsp3) is 0.111. The van der Waals surface area contributed by atoms with E-state index < -0.39 is 5.82 Å². The molecule has 4 heteroatoms. The molecule has 0 amide bonds. The molecule has 0 N–H and O–H groups in total. The molecule has 0 fully saturated rings. The third-order valence-corrected chi connectivity index (χ3v) is 1.41. The van der Waals surface area contributed by atoms with Gasteiger partial charge >= 0.3 is 0 Å². The number of hydrogen-bond acceptors (Lipinski definition) is 3. The number of hydrogen-bond donors (Lipinski definition) is 0. The molecule has 0 bridgehead atoms. The second-order valence-electron chi connectivity index (χ2n) is 2.37. The first-order valence-electron chi connectivity index (χ1n) is 3.49. The predicted octanol–water partition coefficient (Wildman–Crippen LogP) is 1.53. The summed E-state index contributed by atoms with van der Waals surface area (Å²) in [5, 5.41) is 8.49. The van der Waals surface area contributed by atoms with Crippen molar-refractivity contribution >= 4 is 6.08 Å². The average molecular weight is 176 g/mol. The molecule has 1 aromatic rings. The number of rotatable bonds is 2. The van der Waals surface area contributed by atoms with E-state index in [4.69, 9.17) is 5.26 Å². The minimum Gasteiger partial charge on any atom is -0.211 e. The first-order valence-corrected chi connectivity index (χ1v) is 3.49. The molecule has 0 aliphatic carbocycles. The van der Waals surface area contributed by atoms with Crippen molar-refractivity contribution in [1.29, 1.82) is 5.26 Å². The average Bonchev–Trinajstić information content (AvgIpc) is 2.14. The Morgan fingerprint density at radius 1 is 1.46 bits per heavy atom. The maximum atomic E-state index is 12.8. The van der Waals surface area contributed by atoms with Gasteiger partial charge < -0.3 is 0 Å². The van der Waals surface area contributed by atoms with Crippen LogP contribution in [0.5, 0.6) is 0 Å². The zero-order valence-electron chi connectivity index (χ0n) is 6.62. The largest absolute Gasteiger partial charge is 0.235 e. The molecule has 1 rings (SSSR count). The van der Waals surface area contributed by atoms with Crippen LogP contribution in [-0.4, -0.2) is 6.08 Å². The Bertz CT molecular complexity index is 403.